The number of ether oxygens (including phenoxy) is 2. The van der Waals surface area contributed by atoms with Crippen LogP contribution < -0.4 is 0 Å². The Bertz CT molecular complexity index is 372. The van der Waals surface area contributed by atoms with Gasteiger partial charge in [-0.3, -0.25) is 4.79 Å². The molecule has 0 heterocycles. The third-order valence-electron chi connectivity index (χ3n) is 4.84. The highest BCUT2D eigenvalue weighted by molar-refractivity contribution is 5.76. The van der Waals surface area contributed by atoms with Crippen LogP contribution in [0.15, 0.2) is 11.1 Å². The minimum absolute atomic E-state index is 0.355. The molecule has 140 valence electrons. The number of carbonyl (C=O) groups is 1. The number of hydrogen-bond acceptors (Lipinski definition) is 4. The highest BCUT2D eigenvalue weighted by atomic mass is 16.7. The molecular formula is C20H36O4. The maximum absolute atomic E-state index is 11.7. The summed E-state index contributed by atoms with van der Waals surface area (Å²) in [6, 6.07) is 0. The Morgan fingerprint density at radius 1 is 1.08 bits per heavy atom. The molecule has 4 heteroatoms. The minimum atomic E-state index is -0.568. The van der Waals surface area contributed by atoms with E-state index in [4.69, 9.17) is 9.47 Å². The third kappa shape index (κ3) is 6.66. The second-order valence-corrected chi connectivity index (χ2v) is 6.61. The zero-order valence-electron chi connectivity index (χ0n) is 15.8. The fourth-order valence-corrected chi connectivity index (χ4v) is 3.55. The van der Waals surface area contributed by atoms with Gasteiger partial charge in [0.2, 0.25) is 0 Å². The second kappa shape index (κ2) is 12.6. The summed E-state index contributed by atoms with van der Waals surface area (Å²) in [5.74, 6) is -0.355. The summed E-state index contributed by atoms with van der Waals surface area (Å²) in [6.45, 7) is 7.05. The molecule has 4 nitrogen and oxygen atoms in total. The standard InChI is InChI=1S/C20H36O4/c1-4-7-8-9-10-11-12-16-13-14-18(22)19(17(16)15-21)20(23-5-2)24-6-3/h15,18-20,22H,4-14H2,1-3H3/t18-,19-/m0/s1. The largest absolute Gasteiger partial charge is 0.392 e. The summed E-state index contributed by atoms with van der Waals surface area (Å²) < 4.78 is 11.3. The van der Waals surface area contributed by atoms with Crippen LogP contribution in [0.25, 0.3) is 0 Å². The molecule has 0 aromatic rings. The first-order valence-electron chi connectivity index (χ1n) is 9.77. The number of aldehydes is 1. The Morgan fingerprint density at radius 3 is 2.29 bits per heavy atom. The van der Waals surface area contributed by atoms with Gasteiger partial charge >= 0.3 is 0 Å². The predicted molar refractivity (Wildman–Crippen MR) is 96.9 cm³/mol. The average Bonchev–Trinajstić information content (AvgIpc) is 2.58. The van der Waals surface area contributed by atoms with Gasteiger partial charge in [-0.15, -0.1) is 0 Å². The monoisotopic (exact) mass is 340 g/mol. The molecule has 0 unspecified atom stereocenters. The van der Waals surface area contributed by atoms with Crippen molar-refractivity contribution < 1.29 is 19.4 Å². The van der Waals surface area contributed by atoms with Crippen molar-refractivity contribution in [1.82, 2.24) is 0 Å². The number of aliphatic hydroxyl groups is 1. The van der Waals surface area contributed by atoms with E-state index in [2.05, 4.69) is 6.92 Å². The fraction of sp³-hybridized carbons (Fsp3) is 0.850. The molecule has 0 saturated carbocycles. The molecule has 24 heavy (non-hydrogen) atoms. The number of aliphatic hydroxyl groups excluding tert-OH is 1. The first-order valence-corrected chi connectivity index (χ1v) is 9.77. The van der Waals surface area contributed by atoms with Crippen LogP contribution in [0.5, 0.6) is 0 Å². The van der Waals surface area contributed by atoms with E-state index >= 15 is 0 Å². The third-order valence-corrected chi connectivity index (χ3v) is 4.84. The van der Waals surface area contributed by atoms with Gasteiger partial charge < -0.3 is 14.6 Å². The first kappa shape index (κ1) is 21.3. The molecule has 0 aromatic carbocycles. The van der Waals surface area contributed by atoms with Gasteiger partial charge in [-0.2, -0.15) is 0 Å². The summed E-state index contributed by atoms with van der Waals surface area (Å²) >= 11 is 0. The maximum Gasteiger partial charge on any atom is 0.166 e. The minimum Gasteiger partial charge on any atom is -0.392 e. The van der Waals surface area contributed by atoms with Gasteiger partial charge in [-0.1, -0.05) is 44.6 Å². The molecule has 1 rings (SSSR count). The summed E-state index contributed by atoms with van der Waals surface area (Å²) in [7, 11) is 0. The smallest absolute Gasteiger partial charge is 0.166 e. The Kier molecular flexibility index (Phi) is 11.2. The Balaban J connectivity index is 2.72. The highest BCUT2D eigenvalue weighted by Crippen LogP contribution is 2.35. The van der Waals surface area contributed by atoms with E-state index in [1.165, 1.54) is 37.7 Å². The fourth-order valence-electron chi connectivity index (χ4n) is 3.55. The second-order valence-electron chi connectivity index (χ2n) is 6.61. The average molecular weight is 341 g/mol. The maximum atomic E-state index is 11.7. The SMILES string of the molecule is CCCCCCCCC1=C(C=O)[C@H](C(OCC)OCC)[C@@H](O)CC1. The zero-order chi connectivity index (χ0) is 17.8. The Morgan fingerprint density at radius 2 is 1.71 bits per heavy atom. The predicted octanol–water partition coefficient (Wildman–Crippen LogP) is 4.40. The van der Waals surface area contributed by atoms with Crippen molar-refractivity contribution in [2.75, 3.05) is 13.2 Å². The van der Waals surface area contributed by atoms with Gasteiger partial charge in [0.1, 0.15) is 6.29 Å². The first-order chi connectivity index (χ1) is 11.7. The number of allylic oxidation sites excluding steroid dienone is 1. The number of rotatable bonds is 13. The Hall–Kier alpha value is -0.710. The van der Waals surface area contributed by atoms with Crippen molar-refractivity contribution in [1.29, 1.82) is 0 Å². The lowest BCUT2D eigenvalue weighted by Crippen LogP contribution is -2.40. The van der Waals surface area contributed by atoms with Gasteiger partial charge in [0.05, 0.1) is 12.0 Å². The van der Waals surface area contributed by atoms with Crippen LogP contribution in [-0.4, -0.2) is 37.0 Å². The lowest BCUT2D eigenvalue weighted by molar-refractivity contribution is -0.180. The van der Waals surface area contributed by atoms with Crippen molar-refractivity contribution in [3.05, 3.63) is 11.1 Å². The molecule has 0 aliphatic heterocycles. The highest BCUT2D eigenvalue weighted by Gasteiger charge is 2.37. The molecular weight excluding hydrogens is 304 g/mol. The molecule has 1 aliphatic carbocycles. The summed E-state index contributed by atoms with van der Waals surface area (Å²) in [5, 5.41) is 10.4. The molecule has 1 N–H and O–H groups in total. The van der Waals surface area contributed by atoms with Crippen molar-refractivity contribution in [3.8, 4) is 0 Å². The Labute approximate surface area is 147 Å². The quantitative estimate of drug-likeness (QED) is 0.307. The van der Waals surface area contributed by atoms with Crippen molar-refractivity contribution in [3.63, 3.8) is 0 Å². The van der Waals surface area contributed by atoms with E-state index in [1.807, 2.05) is 13.8 Å². The van der Waals surface area contributed by atoms with Crippen molar-refractivity contribution in [2.24, 2.45) is 5.92 Å². The van der Waals surface area contributed by atoms with E-state index in [9.17, 15) is 9.90 Å². The lowest BCUT2D eigenvalue weighted by Gasteiger charge is -2.35. The van der Waals surface area contributed by atoms with Crippen LogP contribution in [0.4, 0.5) is 0 Å². The van der Waals surface area contributed by atoms with Crippen LogP contribution in [0, 0.1) is 5.92 Å². The van der Waals surface area contributed by atoms with Crippen LogP contribution in [0.1, 0.15) is 78.6 Å². The van der Waals surface area contributed by atoms with Crippen LogP contribution in [0.2, 0.25) is 0 Å². The molecule has 0 aromatic heterocycles. The molecule has 0 saturated heterocycles. The van der Waals surface area contributed by atoms with Crippen LogP contribution >= 0.6 is 0 Å². The number of carbonyl (C=O) groups excluding carboxylic acids is 1. The topological polar surface area (TPSA) is 55.8 Å². The van der Waals surface area contributed by atoms with Gasteiger partial charge in [0.25, 0.3) is 0 Å². The number of hydrogen-bond donors (Lipinski definition) is 1. The van der Waals surface area contributed by atoms with Crippen LogP contribution in [0.3, 0.4) is 0 Å². The summed E-state index contributed by atoms with van der Waals surface area (Å²) in [6.07, 6.45) is 9.73. The molecule has 2 atom stereocenters. The normalized spacial score (nSPS) is 21.5. The summed E-state index contributed by atoms with van der Waals surface area (Å²) in [4.78, 5) is 11.7. The summed E-state index contributed by atoms with van der Waals surface area (Å²) in [5.41, 5.74) is 1.91. The molecule has 1 aliphatic rings. The molecule has 0 amide bonds. The van der Waals surface area contributed by atoms with Crippen LogP contribution in [-0.2, 0) is 14.3 Å². The van der Waals surface area contributed by atoms with Gasteiger partial charge in [-0.05, 0) is 39.5 Å². The van der Waals surface area contributed by atoms with Crippen molar-refractivity contribution in [2.45, 2.75) is 91.0 Å². The molecule has 0 radical (unpaired) electrons. The molecule has 0 fully saturated rings. The van der Waals surface area contributed by atoms with Crippen molar-refractivity contribution >= 4 is 6.29 Å². The number of unbranched alkanes of at least 4 members (excludes halogenated alkanes) is 5. The van der Waals surface area contributed by atoms with Gasteiger partial charge in [0, 0.05) is 18.8 Å². The molecule has 0 bridgehead atoms. The van der Waals surface area contributed by atoms with E-state index in [1.54, 1.807) is 0 Å². The van der Waals surface area contributed by atoms with E-state index in [-0.39, 0.29) is 5.92 Å². The van der Waals surface area contributed by atoms with E-state index in [0.29, 0.717) is 25.2 Å². The molecule has 0 spiro atoms. The van der Waals surface area contributed by atoms with Gasteiger partial charge in [-0.25, -0.2) is 0 Å². The lowest BCUT2D eigenvalue weighted by atomic mass is 9.79. The van der Waals surface area contributed by atoms with Gasteiger partial charge in [0.15, 0.2) is 6.29 Å². The van der Waals surface area contributed by atoms with E-state index in [0.717, 1.165) is 25.5 Å². The van der Waals surface area contributed by atoms with E-state index < -0.39 is 12.4 Å². The zero-order valence-corrected chi connectivity index (χ0v) is 15.8.